The molecule has 3 rings (SSSR count). The molecule has 0 spiro atoms. The second kappa shape index (κ2) is 13.5. The topological polar surface area (TPSA) is 113 Å². The molecule has 0 saturated carbocycles. The fraction of sp³-hybridized carbons (Fsp3) is 0.214. The summed E-state index contributed by atoms with van der Waals surface area (Å²) >= 11 is 12.0. The van der Waals surface area contributed by atoms with Crippen LogP contribution in [0.15, 0.2) is 65.8 Å². The summed E-state index contributed by atoms with van der Waals surface area (Å²) in [5, 5.41) is 16.6. The Morgan fingerprint density at radius 1 is 1.08 bits per heavy atom. The Hall–Kier alpha value is -4.06. The molecule has 0 aliphatic heterocycles. The van der Waals surface area contributed by atoms with Crippen LogP contribution in [-0.2, 0) is 11.4 Å². The summed E-state index contributed by atoms with van der Waals surface area (Å²) in [6, 6.07) is 18.1. The van der Waals surface area contributed by atoms with Crippen molar-refractivity contribution in [3.63, 3.8) is 0 Å². The number of carbonyl (C=O) groups excluding carboxylic acids is 2. The van der Waals surface area contributed by atoms with Crippen molar-refractivity contribution in [2.75, 3.05) is 7.11 Å². The van der Waals surface area contributed by atoms with Gasteiger partial charge in [-0.1, -0.05) is 55.2 Å². The number of halogens is 2. The molecule has 38 heavy (non-hydrogen) atoms. The summed E-state index contributed by atoms with van der Waals surface area (Å²) in [6.45, 7) is 3.81. The largest absolute Gasteiger partial charge is 0.493 e. The smallest absolute Gasteiger partial charge is 0.262 e. The molecule has 0 aromatic heterocycles. The average molecular weight is 553 g/mol. The maximum absolute atomic E-state index is 12.8. The first-order valence-corrected chi connectivity index (χ1v) is 12.4. The molecular weight excluding hydrogens is 527 g/mol. The Labute approximate surface area is 231 Å². The number of rotatable bonds is 10. The number of ether oxygens (including phenoxy) is 2. The van der Waals surface area contributed by atoms with Gasteiger partial charge in [0.25, 0.3) is 11.8 Å². The maximum atomic E-state index is 12.8. The lowest BCUT2D eigenvalue weighted by Crippen LogP contribution is -2.48. The minimum Gasteiger partial charge on any atom is -0.493 e. The van der Waals surface area contributed by atoms with E-state index in [9.17, 15) is 14.9 Å². The van der Waals surface area contributed by atoms with E-state index in [1.165, 1.54) is 25.5 Å². The van der Waals surface area contributed by atoms with E-state index in [-0.39, 0.29) is 23.1 Å². The number of nitrogens with one attached hydrogen (secondary N) is 2. The Balaban J connectivity index is 1.64. The number of hydrogen-bond acceptors (Lipinski definition) is 6. The van der Waals surface area contributed by atoms with Crippen molar-refractivity contribution in [3.05, 3.63) is 93.0 Å². The number of amides is 2. The van der Waals surface area contributed by atoms with Crippen LogP contribution in [0.2, 0.25) is 10.0 Å². The minimum absolute atomic E-state index is 0.187. The van der Waals surface area contributed by atoms with Crippen LogP contribution in [0.3, 0.4) is 0 Å². The molecule has 0 heterocycles. The van der Waals surface area contributed by atoms with Gasteiger partial charge in [-0.15, -0.1) is 0 Å². The van der Waals surface area contributed by atoms with Gasteiger partial charge in [0.05, 0.1) is 35.5 Å². The number of hydrazone groups is 1. The van der Waals surface area contributed by atoms with E-state index in [1.54, 1.807) is 50.2 Å². The monoisotopic (exact) mass is 552 g/mol. The number of hydrogen-bond donors (Lipinski definition) is 2. The SMILES string of the molecule is COc1cc(C=NNC(=O)C(NC(=O)c2ccc(Cl)cc2Cl)C(C)C)ccc1OCc1ccccc1C#N. The summed E-state index contributed by atoms with van der Waals surface area (Å²) in [7, 11) is 1.51. The molecule has 0 fully saturated rings. The zero-order valence-electron chi connectivity index (χ0n) is 21.0. The molecule has 10 heteroatoms. The predicted octanol–water partition coefficient (Wildman–Crippen LogP) is 5.36. The van der Waals surface area contributed by atoms with E-state index in [4.69, 9.17) is 32.7 Å². The molecule has 0 aliphatic rings. The van der Waals surface area contributed by atoms with Gasteiger partial charge in [0, 0.05) is 10.6 Å². The van der Waals surface area contributed by atoms with E-state index >= 15 is 0 Å². The summed E-state index contributed by atoms with van der Waals surface area (Å²) in [4.78, 5) is 25.4. The fourth-order valence-electron chi connectivity index (χ4n) is 3.46. The minimum atomic E-state index is -0.854. The van der Waals surface area contributed by atoms with Crippen molar-refractivity contribution < 1.29 is 19.1 Å². The Morgan fingerprint density at radius 3 is 2.53 bits per heavy atom. The van der Waals surface area contributed by atoms with Gasteiger partial charge in [-0.05, 0) is 53.9 Å². The molecule has 3 aromatic rings. The summed E-state index contributed by atoms with van der Waals surface area (Å²) in [5.41, 5.74) is 4.62. The lowest BCUT2D eigenvalue weighted by molar-refractivity contribution is -0.123. The van der Waals surface area contributed by atoms with Gasteiger partial charge in [0.2, 0.25) is 0 Å². The highest BCUT2D eigenvalue weighted by atomic mass is 35.5. The van der Waals surface area contributed by atoms with Crippen LogP contribution in [-0.4, -0.2) is 31.2 Å². The summed E-state index contributed by atoms with van der Waals surface area (Å²) < 4.78 is 11.3. The molecule has 0 aliphatic carbocycles. The normalized spacial score (nSPS) is 11.6. The third kappa shape index (κ3) is 7.48. The van der Waals surface area contributed by atoms with E-state index in [0.29, 0.717) is 27.6 Å². The van der Waals surface area contributed by atoms with E-state index in [1.807, 2.05) is 12.1 Å². The quantitative estimate of drug-likeness (QED) is 0.259. The molecule has 0 saturated heterocycles. The zero-order valence-corrected chi connectivity index (χ0v) is 22.5. The first-order chi connectivity index (χ1) is 18.2. The lowest BCUT2D eigenvalue weighted by Gasteiger charge is -2.20. The molecular formula is C28H26Cl2N4O4. The van der Waals surface area contributed by atoms with E-state index in [2.05, 4.69) is 21.9 Å². The van der Waals surface area contributed by atoms with Crippen LogP contribution in [0, 0.1) is 17.2 Å². The highest BCUT2D eigenvalue weighted by Gasteiger charge is 2.25. The second-order valence-electron chi connectivity index (χ2n) is 8.52. The number of nitriles is 1. The first-order valence-electron chi connectivity index (χ1n) is 11.6. The van der Waals surface area contributed by atoms with Crippen LogP contribution in [0.25, 0.3) is 0 Å². The van der Waals surface area contributed by atoms with Crippen molar-refractivity contribution in [2.24, 2.45) is 11.0 Å². The predicted molar refractivity (Wildman–Crippen MR) is 147 cm³/mol. The molecule has 3 aromatic carbocycles. The van der Waals surface area contributed by atoms with Crippen molar-refractivity contribution in [1.29, 1.82) is 5.26 Å². The highest BCUT2D eigenvalue weighted by Crippen LogP contribution is 2.28. The second-order valence-corrected chi connectivity index (χ2v) is 9.37. The van der Waals surface area contributed by atoms with Gasteiger partial charge in [-0.25, -0.2) is 5.43 Å². The van der Waals surface area contributed by atoms with E-state index < -0.39 is 17.9 Å². The van der Waals surface area contributed by atoms with Gasteiger partial charge in [-0.2, -0.15) is 10.4 Å². The third-order valence-electron chi connectivity index (χ3n) is 5.51. The molecule has 0 bridgehead atoms. The summed E-state index contributed by atoms with van der Waals surface area (Å²) in [5.74, 6) is -0.255. The number of nitrogens with zero attached hydrogens (tertiary/aromatic N) is 2. The maximum Gasteiger partial charge on any atom is 0.262 e. The molecule has 8 nitrogen and oxygen atoms in total. The van der Waals surface area contributed by atoms with Crippen molar-refractivity contribution in [2.45, 2.75) is 26.5 Å². The third-order valence-corrected chi connectivity index (χ3v) is 6.06. The molecule has 196 valence electrons. The fourth-order valence-corrected chi connectivity index (χ4v) is 3.96. The first kappa shape index (κ1) is 28.5. The molecule has 2 N–H and O–H groups in total. The average Bonchev–Trinajstić information content (AvgIpc) is 2.90. The van der Waals surface area contributed by atoms with Crippen molar-refractivity contribution in [1.82, 2.24) is 10.7 Å². The van der Waals surface area contributed by atoms with Crippen LogP contribution in [0.5, 0.6) is 11.5 Å². The molecule has 0 radical (unpaired) electrons. The van der Waals surface area contributed by atoms with Crippen LogP contribution in [0.1, 0.15) is 40.9 Å². The Morgan fingerprint density at radius 2 is 1.84 bits per heavy atom. The van der Waals surface area contributed by atoms with E-state index in [0.717, 1.165) is 5.56 Å². The van der Waals surface area contributed by atoms with Gasteiger partial charge in [-0.3, -0.25) is 9.59 Å². The lowest BCUT2D eigenvalue weighted by atomic mass is 10.0. The highest BCUT2D eigenvalue weighted by molar-refractivity contribution is 6.36. The van der Waals surface area contributed by atoms with Crippen molar-refractivity contribution >= 4 is 41.2 Å². The number of carbonyl (C=O) groups is 2. The van der Waals surface area contributed by atoms with Gasteiger partial charge in [0.15, 0.2) is 11.5 Å². The summed E-state index contributed by atoms with van der Waals surface area (Å²) in [6.07, 6.45) is 1.45. The van der Waals surface area contributed by atoms with Gasteiger partial charge in [0.1, 0.15) is 12.6 Å². The molecule has 1 atom stereocenters. The zero-order chi connectivity index (χ0) is 27.7. The molecule has 1 unspecified atom stereocenters. The number of methoxy groups -OCH3 is 1. The molecule has 2 amide bonds. The van der Waals surface area contributed by atoms with Gasteiger partial charge < -0.3 is 14.8 Å². The van der Waals surface area contributed by atoms with Crippen LogP contribution < -0.4 is 20.2 Å². The Bertz CT molecular complexity index is 1390. The Kier molecular flexibility index (Phi) is 10.1. The standard InChI is InChI=1S/C28H26Cl2N4O4/c1-17(2)26(33-27(35)22-10-9-21(29)13-23(22)30)28(36)34-32-15-18-8-11-24(25(12-18)37-3)38-16-20-7-5-4-6-19(20)14-31/h4-13,15,17,26H,16H2,1-3H3,(H,33,35)(H,34,36). The van der Waals surface area contributed by atoms with Gasteiger partial charge >= 0.3 is 0 Å². The van der Waals surface area contributed by atoms with Crippen LogP contribution in [0.4, 0.5) is 0 Å². The number of benzene rings is 3. The van der Waals surface area contributed by atoms with Crippen LogP contribution >= 0.6 is 23.2 Å². The van der Waals surface area contributed by atoms with Crippen molar-refractivity contribution in [3.8, 4) is 17.6 Å².